The van der Waals surface area contributed by atoms with E-state index >= 15 is 0 Å². The lowest BCUT2D eigenvalue weighted by Gasteiger charge is -2.34. The summed E-state index contributed by atoms with van der Waals surface area (Å²) in [5.41, 5.74) is 2.02. The molecular formula is C26H29FN4O3. The van der Waals surface area contributed by atoms with Crippen LogP contribution < -0.4 is 5.32 Å². The number of aromatic nitrogens is 2. The van der Waals surface area contributed by atoms with Crippen molar-refractivity contribution in [3.63, 3.8) is 0 Å². The third-order valence-corrected chi connectivity index (χ3v) is 5.69. The second-order valence-corrected chi connectivity index (χ2v) is 9.39. The monoisotopic (exact) mass is 464 g/mol. The number of nitrogens with zero attached hydrogens (tertiary/aromatic N) is 3. The van der Waals surface area contributed by atoms with Crippen LogP contribution in [0.5, 0.6) is 0 Å². The molecule has 7 nitrogen and oxygen atoms in total. The summed E-state index contributed by atoms with van der Waals surface area (Å²) in [5, 5.41) is 7.41. The summed E-state index contributed by atoms with van der Waals surface area (Å²) < 4.78 is 20.7. The van der Waals surface area contributed by atoms with Crippen LogP contribution in [-0.4, -0.2) is 45.4 Å². The van der Waals surface area contributed by atoms with Gasteiger partial charge in [0.15, 0.2) is 0 Å². The molecule has 0 bridgehead atoms. The summed E-state index contributed by atoms with van der Waals surface area (Å²) in [7, 11) is 0. The Balaban J connectivity index is 1.60. The number of likely N-dealkylation sites (tertiary alicyclic amines) is 1. The Kier molecular flexibility index (Phi) is 6.68. The van der Waals surface area contributed by atoms with Gasteiger partial charge in [-0.3, -0.25) is 4.79 Å². The molecule has 178 valence electrons. The normalized spacial score (nSPS) is 14.6. The summed E-state index contributed by atoms with van der Waals surface area (Å²) in [4.78, 5) is 27.4. The Bertz CT molecular complexity index is 1150. The highest BCUT2D eigenvalue weighted by atomic mass is 19.1. The van der Waals surface area contributed by atoms with E-state index in [1.165, 1.54) is 12.1 Å². The molecule has 0 atom stereocenters. The van der Waals surface area contributed by atoms with Gasteiger partial charge in [0.1, 0.15) is 11.4 Å². The second kappa shape index (κ2) is 9.67. The Labute approximate surface area is 198 Å². The molecule has 1 aliphatic rings. The molecular weight excluding hydrogens is 435 g/mol. The average Bonchev–Trinajstić information content (AvgIpc) is 3.24. The predicted molar refractivity (Wildman–Crippen MR) is 128 cm³/mol. The van der Waals surface area contributed by atoms with Gasteiger partial charge in [-0.05, 0) is 70.0 Å². The number of amides is 2. The Morgan fingerprint density at radius 2 is 1.68 bits per heavy atom. The zero-order valence-corrected chi connectivity index (χ0v) is 19.6. The first-order chi connectivity index (χ1) is 16.2. The molecule has 2 amide bonds. The highest BCUT2D eigenvalue weighted by Gasteiger charge is 2.32. The first-order valence-corrected chi connectivity index (χ1v) is 11.4. The summed E-state index contributed by atoms with van der Waals surface area (Å²) in [6.07, 6.45) is 2.52. The predicted octanol–water partition coefficient (Wildman–Crippen LogP) is 5.38. The molecule has 2 aromatic carbocycles. The number of carbonyl (C=O) groups is 2. The molecule has 0 saturated carbocycles. The molecule has 34 heavy (non-hydrogen) atoms. The van der Waals surface area contributed by atoms with E-state index in [0.29, 0.717) is 42.9 Å². The quantitative estimate of drug-likeness (QED) is 0.563. The molecule has 1 fully saturated rings. The number of anilines is 1. The van der Waals surface area contributed by atoms with Gasteiger partial charge >= 0.3 is 6.09 Å². The minimum atomic E-state index is -0.558. The van der Waals surface area contributed by atoms with Crippen LogP contribution in [0.3, 0.4) is 0 Å². The number of benzene rings is 2. The van der Waals surface area contributed by atoms with Gasteiger partial charge in [-0.15, -0.1) is 0 Å². The fourth-order valence-corrected chi connectivity index (χ4v) is 4.10. The van der Waals surface area contributed by atoms with Gasteiger partial charge in [-0.25, -0.2) is 13.9 Å². The minimum Gasteiger partial charge on any atom is -0.444 e. The molecule has 2 heterocycles. The lowest BCUT2D eigenvalue weighted by atomic mass is 9.90. The lowest BCUT2D eigenvalue weighted by Crippen LogP contribution is -2.41. The number of ether oxygens (including phenoxy) is 1. The van der Waals surface area contributed by atoms with Crippen molar-refractivity contribution in [1.29, 1.82) is 0 Å². The van der Waals surface area contributed by atoms with Gasteiger partial charge in [0, 0.05) is 24.7 Å². The second-order valence-electron chi connectivity index (χ2n) is 9.39. The third kappa shape index (κ3) is 5.44. The fraction of sp³-hybridized carbons (Fsp3) is 0.346. The van der Waals surface area contributed by atoms with Crippen molar-refractivity contribution in [3.8, 4) is 5.69 Å². The van der Waals surface area contributed by atoms with Crippen molar-refractivity contribution in [2.45, 2.75) is 45.1 Å². The molecule has 8 heteroatoms. The van der Waals surface area contributed by atoms with Crippen LogP contribution in [0.1, 0.15) is 55.6 Å². The largest absolute Gasteiger partial charge is 0.444 e. The molecule has 4 rings (SSSR count). The van der Waals surface area contributed by atoms with Crippen molar-refractivity contribution in [2.75, 3.05) is 18.4 Å². The van der Waals surface area contributed by atoms with Crippen molar-refractivity contribution < 1.29 is 18.7 Å². The van der Waals surface area contributed by atoms with Gasteiger partial charge < -0.3 is 15.0 Å². The van der Waals surface area contributed by atoms with Gasteiger partial charge in [0.05, 0.1) is 23.1 Å². The van der Waals surface area contributed by atoms with E-state index in [4.69, 9.17) is 4.74 Å². The maximum atomic E-state index is 13.5. The van der Waals surface area contributed by atoms with E-state index in [2.05, 4.69) is 10.4 Å². The zero-order chi connectivity index (χ0) is 24.3. The van der Waals surface area contributed by atoms with Crippen LogP contribution in [0.25, 0.3) is 5.69 Å². The molecule has 1 aromatic heterocycles. The van der Waals surface area contributed by atoms with E-state index in [9.17, 15) is 14.0 Å². The van der Waals surface area contributed by atoms with Crippen LogP contribution >= 0.6 is 0 Å². The Morgan fingerprint density at radius 3 is 2.29 bits per heavy atom. The van der Waals surface area contributed by atoms with E-state index in [-0.39, 0.29) is 23.7 Å². The zero-order valence-electron chi connectivity index (χ0n) is 19.6. The molecule has 1 aliphatic heterocycles. The number of piperidine rings is 1. The first kappa shape index (κ1) is 23.5. The maximum Gasteiger partial charge on any atom is 0.410 e. The SMILES string of the molecule is CC(C)(C)OC(=O)N1CCC(c2c(C(=O)Nc3ccccc3)cnn2-c2ccc(F)cc2)CC1. The van der Waals surface area contributed by atoms with Gasteiger partial charge in [-0.2, -0.15) is 5.10 Å². The fourth-order valence-electron chi connectivity index (χ4n) is 4.10. The standard InChI is InChI=1S/C26H29FN4O3/c1-26(2,3)34-25(33)30-15-13-18(14-16-30)23-22(24(32)29-20-7-5-4-6-8-20)17-28-31(23)21-11-9-19(27)10-12-21/h4-12,17-18H,13-16H2,1-3H3,(H,29,32). The molecule has 3 aromatic rings. The minimum absolute atomic E-state index is 0.0113. The van der Waals surface area contributed by atoms with Crippen molar-refractivity contribution >= 4 is 17.7 Å². The van der Waals surface area contributed by atoms with Crippen LogP contribution in [0.2, 0.25) is 0 Å². The van der Waals surface area contributed by atoms with Crippen molar-refractivity contribution in [2.24, 2.45) is 0 Å². The van der Waals surface area contributed by atoms with E-state index in [1.54, 1.807) is 27.9 Å². The van der Waals surface area contributed by atoms with Crippen LogP contribution in [0.4, 0.5) is 14.9 Å². The first-order valence-electron chi connectivity index (χ1n) is 11.4. The Morgan fingerprint density at radius 1 is 1.03 bits per heavy atom. The summed E-state index contributed by atoms with van der Waals surface area (Å²) >= 11 is 0. The molecule has 1 saturated heterocycles. The molecule has 0 spiro atoms. The summed E-state index contributed by atoms with van der Waals surface area (Å²) in [5.74, 6) is -0.614. The van der Waals surface area contributed by atoms with Gasteiger partial charge in [0.2, 0.25) is 0 Å². The number of rotatable bonds is 4. The van der Waals surface area contributed by atoms with Crippen LogP contribution in [0.15, 0.2) is 60.8 Å². The highest BCUT2D eigenvalue weighted by molar-refractivity contribution is 6.05. The van der Waals surface area contributed by atoms with Crippen molar-refractivity contribution in [1.82, 2.24) is 14.7 Å². The molecule has 0 radical (unpaired) electrons. The number of carbonyl (C=O) groups excluding carboxylic acids is 2. The highest BCUT2D eigenvalue weighted by Crippen LogP contribution is 2.33. The number of hydrogen-bond donors (Lipinski definition) is 1. The average molecular weight is 465 g/mol. The maximum absolute atomic E-state index is 13.5. The van der Waals surface area contributed by atoms with Gasteiger partial charge in [0.25, 0.3) is 5.91 Å². The van der Waals surface area contributed by atoms with Crippen LogP contribution in [0, 0.1) is 5.82 Å². The van der Waals surface area contributed by atoms with E-state index < -0.39 is 5.60 Å². The summed E-state index contributed by atoms with van der Waals surface area (Å²) in [6.45, 7) is 6.55. The third-order valence-electron chi connectivity index (χ3n) is 5.69. The number of halogens is 1. The van der Waals surface area contributed by atoms with Crippen molar-refractivity contribution in [3.05, 3.63) is 77.9 Å². The molecule has 0 aliphatic carbocycles. The molecule has 1 N–H and O–H groups in total. The van der Waals surface area contributed by atoms with E-state index in [0.717, 1.165) is 5.69 Å². The Hall–Kier alpha value is -3.68. The van der Waals surface area contributed by atoms with Gasteiger partial charge in [-0.1, -0.05) is 18.2 Å². The smallest absolute Gasteiger partial charge is 0.410 e. The number of hydrogen-bond acceptors (Lipinski definition) is 4. The van der Waals surface area contributed by atoms with E-state index in [1.807, 2.05) is 51.1 Å². The number of nitrogens with one attached hydrogen (secondary N) is 1. The number of para-hydroxylation sites is 1. The lowest BCUT2D eigenvalue weighted by molar-refractivity contribution is 0.0203. The topological polar surface area (TPSA) is 76.5 Å². The van der Waals surface area contributed by atoms with Crippen LogP contribution in [-0.2, 0) is 4.74 Å². The summed E-state index contributed by atoms with van der Waals surface area (Å²) in [6, 6.07) is 15.2. The molecule has 0 unspecified atom stereocenters.